The summed E-state index contributed by atoms with van der Waals surface area (Å²) in [6, 6.07) is 1.24. The summed E-state index contributed by atoms with van der Waals surface area (Å²) < 4.78 is 30.7. The monoisotopic (exact) mass is 249 g/mol. The first-order chi connectivity index (χ1) is 7.47. The van der Waals surface area contributed by atoms with Gasteiger partial charge in [-0.15, -0.1) is 0 Å². The number of methoxy groups -OCH3 is 1. The molecule has 88 valence electrons. The van der Waals surface area contributed by atoms with E-state index in [0.29, 0.717) is 0 Å². The third-order valence-corrected chi connectivity index (χ3v) is 2.43. The topological polar surface area (TPSA) is 52.3 Å². The van der Waals surface area contributed by atoms with Crippen LogP contribution in [-0.4, -0.2) is 13.1 Å². The number of carbonyl (C=O) groups excluding carboxylic acids is 1. The maximum absolute atomic E-state index is 13.5. The Bertz CT molecular complexity index is 412. The van der Waals surface area contributed by atoms with Gasteiger partial charge in [0.05, 0.1) is 13.5 Å². The zero-order chi connectivity index (χ0) is 12.3. The number of esters is 1. The molecule has 0 aromatic heterocycles. The number of nitrogens with two attached hydrogens (primary N) is 1. The highest BCUT2D eigenvalue weighted by Crippen LogP contribution is 2.26. The molecular weight excluding hydrogens is 240 g/mol. The van der Waals surface area contributed by atoms with Gasteiger partial charge in [-0.3, -0.25) is 4.79 Å². The molecule has 0 spiro atoms. The summed E-state index contributed by atoms with van der Waals surface area (Å²) in [7, 11) is 1.20. The van der Waals surface area contributed by atoms with Gasteiger partial charge in [-0.25, -0.2) is 8.78 Å². The van der Waals surface area contributed by atoms with Gasteiger partial charge in [0.15, 0.2) is 0 Å². The molecule has 0 unspecified atom stereocenters. The lowest BCUT2D eigenvalue weighted by Crippen LogP contribution is -2.17. The average molecular weight is 250 g/mol. The van der Waals surface area contributed by atoms with E-state index in [1.54, 1.807) is 0 Å². The molecule has 0 saturated carbocycles. The van der Waals surface area contributed by atoms with E-state index in [1.807, 2.05) is 0 Å². The average Bonchev–Trinajstić information content (AvgIpc) is 2.25. The second-order valence-corrected chi connectivity index (χ2v) is 3.53. The van der Waals surface area contributed by atoms with Gasteiger partial charge < -0.3 is 10.5 Å². The number of carbonyl (C=O) groups is 1. The molecule has 16 heavy (non-hydrogen) atoms. The first kappa shape index (κ1) is 12.9. The lowest BCUT2D eigenvalue weighted by molar-refractivity contribution is -0.141. The Morgan fingerprint density at radius 3 is 2.75 bits per heavy atom. The van der Waals surface area contributed by atoms with Crippen LogP contribution in [0.3, 0.4) is 0 Å². The third-order valence-electron chi connectivity index (χ3n) is 2.08. The molecule has 0 radical (unpaired) electrons. The van der Waals surface area contributed by atoms with Crippen LogP contribution in [0.4, 0.5) is 8.78 Å². The molecular formula is C10H10ClF2NO2. The number of hydrogen-bond acceptors (Lipinski definition) is 3. The molecule has 0 heterocycles. The Hall–Kier alpha value is -1.20. The van der Waals surface area contributed by atoms with Crippen molar-refractivity contribution in [3.8, 4) is 0 Å². The maximum Gasteiger partial charge on any atom is 0.307 e. The van der Waals surface area contributed by atoms with E-state index in [2.05, 4.69) is 4.74 Å². The Morgan fingerprint density at radius 1 is 1.56 bits per heavy atom. The van der Waals surface area contributed by atoms with E-state index in [4.69, 9.17) is 17.3 Å². The van der Waals surface area contributed by atoms with Crippen LogP contribution in [0.2, 0.25) is 5.02 Å². The summed E-state index contributed by atoms with van der Waals surface area (Å²) >= 11 is 5.38. The minimum atomic E-state index is -0.946. The first-order valence-electron chi connectivity index (χ1n) is 4.43. The van der Waals surface area contributed by atoms with Gasteiger partial charge in [0.2, 0.25) is 0 Å². The van der Waals surface area contributed by atoms with Crippen LogP contribution < -0.4 is 5.73 Å². The van der Waals surface area contributed by atoms with Crippen molar-refractivity contribution in [1.82, 2.24) is 0 Å². The summed E-state index contributed by atoms with van der Waals surface area (Å²) in [6.07, 6.45) is -0.199. The number of halogens is 3. The second kappa shape index (κ2) is 5.23. The zero-order valence-corrected chi connectivity index (χ0v) is 9.22. The van der Waals surface area contributed by atoms with Gasteiger partial charge in [-0.1, -0.05) is 17.7 Å². The lowest BCUT2D eigenvalue weighted by atomic mass is 10.0. The molecule has 3 nitrogen and oxygen atoms in total. The van der Waals surface area contributed by atoms with E-state index in [1.165, 1.54) is 7.11 Å². The largest absolute Gasteiger partial charge is 0.469 e. The van der Waals surface area contributed by atoms with Gasteiger partial charge in [-0.2, -0.15) is 0 Å². The van der Waals surface area contributed by atoms with Gasteiger partial charge in [0.25, 0.3) is 0 Å². The van der Waals surface area contributed by atoms with Crippen molar-refractivity contribution >= 4 is 17.6 Å². The van der Waals surface area contributed by atoms with Crippen molar-refractivity contribution < 1.29 is 18.3 Å². The van der Waals surface area contributed by atoms with Crippen LogP contribution in [0.5, 0.6) is 0 Å². The fourth-order valence-corrected chi connectivity index (χ4v) is 1.37. The van der Waals surface area contributed by atoms with E-state index >= 15 is 0 Å². The fourth-order valence-electron chi connectivity index (χ4n) is 1.20. The standard InChI is InChI=1S/C10H10ClF2NO2/c1-16-8(15)4-7(14)5-2-3-6(12)9(11)10(5)13/h2-3,7H,4,14H2,1H3/t7-/m1/s1. The number of ether oxygens (including phenoxy) is 1. The van der Waals surface area contributed by atoms with E-state index in [9.17, 15) is 13.6 Å². The number of benzene rings is 1. The van der Waals surface area contributed by atoms with Crippen LogP contribution in [0.15, 0.2) is 12.1 Å². The third kappa shape index (κ3) is 2.68. The van der Waals surface area contributed by atoms with E-state index in [0.717, 1.165) is 12.1 Å². The van der Waals surface area contributed by atoms with Crippen LogP contribution in [0.1, 0.15) is 18.0 Å². The maximum atomic E-state index is 13.5. The Morgan fingerprint density at radius 2 is 2.19 bits per heavy atom. The molecule has 1 aromatic carbocycles. The molecule has 0 aliphatic carbocycles. The lowest BCUT2D eigenvalue weighted by Gasteiger charge is -2.12. The van der Waals surface area contributed by atoms with E-state index in [-0.39, 0.29) is 12.0 Å². The van der Waals surface area contributed by atoms with Crippen LogP contribution in [-0.2, 0) is 9.53 Å². The van der Waals surface area contributed by atoms with Crippen LogP contribution in [0.25, 0.3) is 0 Å². The summed E-state index contributed by atoms with van der Waals surface area (Å²) in [5, 5.41) is -0.627. The second-order valence-electron chi connectivity index (χ2n) is 3.15. The van der Waals surface area contributed by atoms with Crippen molar-refractivity contribution in [3.05, 3.63) is 34.4 Å². The van der Waals surface area contributed by atoms with Gasteiger partial charge >= 0.3 is 5.97 Å². The molecule has 6 heteroatoms. The van der Waals surface area contributed by atoms with Crippen molar-refractivity contribution in [2.45, 2.75) is 12.5 Å². The van der Waals surface area contributed by atoms with Crippen LogP contribution >= 0.6 is 11.6 Å². The summed E-state index contributed by atoms with van der Waals surface area (Å²) in [4.78, 5) is 10.9. The van der Waals surface area contributed by atoms with Crippen molar-refractivity contribution in [1.29, 1.82) is 0 Å². The Labute approximate surface area is 96.1 Å². The predicted octanol–water partition coefficient (Wildman–Crippen LogP) is 2.18. The normalized spacial score (nSPS) is 12.3. The van der Waals surface area contributed by atoms with Gasteiger partial charge in [-0.05, 0) is 6.07 Å². The summed E-state index contributed by atoms with van der Waals surface area (Å²) in [6.45, 7) is 0. The quantitative estimate of drug-likeness (QED) is 0.660. The molecule has 1 aromatic rings. The van der Waals surface area contributed by atoms with Gasteiger partial charge in [0.1, 0.15) is 16.7 Å². The molecule has 0 fully saturated rings. The van der Waals surface area contributed by atoms with Crippen molar-refractivity contribution in [2.24, 2.45) is 5.73 Å². The molecule has 0 bridgehead atoms. The van der Waals surface area contributed by atoms with Crippen LogP contribution in [0, 0.1) is 11.6 Å². The number of hydrogen-bond donors (Lipinski definition) is 1. The smallest absolute Gasteiger partial charge is 0.307 e. The molecule has 1 rings (SSSR count). The Balaban J connectivity index is 2.96. The first-order valence-corrected chi connectivity index (χ1v) is 4.81. The molecule has 2 N–H and O–H groups in total. The predicted molar refractivity (Wildman–Crippen MR) is 54.9 cm³/mol. The minimum Gasteiger partial charge on any atom is -0.469 e. The van der Waals surface area contributed by atoms with Crippen molar-refractivity contribution in [2.75, 3.05) is 7.11 Å². The van der Waals surface area contributed by atoms with Crippen molar-refractivity contribution in [3.63, 3.8) is 0 Å². The fraction of sp³-hybridized carbons (Fsp3) is 0.300. The highest BCUT2D eigenvalue weighted by molar-refractivity contribution is 6.30. The molecule has 0 amide bonds. The highest BCUT2D eigenvalue weighted by atomic mass is 35.5. The molecule has 0 aliphatic rings. The highest BCUT2D eigenvalue weighted by Gasteiger charge is 2.19. The molecule has 0 aliphatic heterocycles. The molecule has 0 saturated heterocycles. The Kier molecular flexibility index (Phi) is 4.20. The molecule has 1 atom stereocenters. The van der Waals surface area contributed by atoms with E-state index < -0.39 is 28.7 Å². The van der Waals surface area contributed by atoms with Gasteiger partial charge in [0, 0.05) is 11.6 Å². The zero-order valence-electron chi connectivity index (χ0n) is 8.47. The minimum absolute atomic E-state index is 0.0169. The SMILES string of the molecule is COC(=O)C[C@@H](N)c1ccc(F)c(Cl)c1F. The summed E-state index contributed by atoms with van der Waals surface area (Å²) in [5.74, 6) is -2.39. The number of rotatable bonds is 3. The summed E-state index contributed by atoms with van der Waals surface area (Å²) in [5.41, 5.74) is 5.55.